The Balaban J connectivity index is -0.00000705. The summed E-state index contributed by atoms with van der Waals surface area (Å²) in [7, 11) is 4.86. The number of hydrogen-bond donors (Lipinski definition) is 0. The van der Waals surface area contributed by atoms with E-state index in [0.29, 0.717) is 6.42 Å². The Hall–Kier alpha value is -2.58. The van der Waals surface area contributed by atoms with Crippen molar-refractivity contribution in [1.82, 2.24) is 14.7 Å². The normalized spacial score (nSPS) is 28.3. The molecule has 270 valence electrons. The molecule has 1 rings (SSSR count). The van der Waals surface area contributed by atoms with Crippen LogP contribution in [0.25, 0.3) is 0 Å². The molecule has 46 heavy (non-hydrogen) atoms. The Morgan fingerprint density at radius 1 is 0.478 bits per heavy atom. The number of carbonyl (C=O) groups excluding carboxylic acids is 6. The predicted molar refractivity (Wildman–Crippen MR) is 189 cm³/mol. The van der Waals surface area contributed by atoms with Crippen LogP contribution in [-0.4, -0.2) is 89.0 Å². The van der Waals surface area contributed by atoms with Gasteiger partial charge in [-0.15, -0.1) is 0 Å². The molecule has 0 aliphatic carbocycles. The highest BCUT2D eigenvalue weighted by molar-refractivity contribution is 5.98. The maximum absolute atomic E-state index is 14.2. The van der Waals surface area contributed by atoms with Crippen LogP contribution in [0.1, 0.15) is 113 Å². The third kappa shape index (κ3) is 9.72. The zero-order chi connectivity index (χ0) is 36.0. The molecule has 9 heteroatoms. The highest BCUT2D eigenvalue weighted by atomic mass is 16.2. The zero-order valence-electron chi connectivity index (χ0n) is 31.5. The van der Waals surface area contributed by atoms with Gasteiger partial charge in [0.15, 0.2) is 17.3 Å². The van der Waals surface area contributed by atoms with Gasteiger partial charge in [0, 0.05) is 62.4 Å². The Morgan fingerprint density at radius 2 is 0.717 bits per heavy atom. The predicted octanol–water partition coefficient (Wildman–Crippen LogP) is 6.27. The lowest BCUT2D eigenvalue weighted by Crippen LogP contribution is -2.54. The van der Waals surface area contributed by atoms with Gasteiger partial charge >= 0.3 is 0 Å². The second kappa shape index (κ2) is 17.5. The van der Waals surface area contributed by atoms with E-state index >= 15 is 0 Å². The molecular formula is C37H71N3O6. The Kier molecular flexibility index (Phi) is 15.8. The van der Waals surface area contributed by atoms with E-state index in [1.54, 1.807) is 21.1 Å². The molecule has 1 saturated heterocycles. The Morgan fingerprint density at radius 3 is 0.935 bits per heavy atom. The van der Waals surface area contributed by atoms with Gasteiger partial charge in [0.25, 0.3) is 0 Å². The van der Waals surface area contributed by atoms with E-state index in [1.807, 2.05) is 83.1 Å². The van der Waals surface area contributed by atoms with Gasteiger partial charge in [-0.25, -0.2) is 0 Å². The molecule has 7 unspecified atom stereocenters. The van der Waals surface area contributed by atoms with Crippen LogP contribution < -0.4 is 0 Å². The third-order valence-electron chi connectivity index (χ3n) is 10.4. The summed E-state index contributed by atoms with van der Waals surface area (Å²) in [5, 5.41) is 0. The van der Waals surface area contributed by atoms with Gasteiger partial charge < -0.3 is 14.7 Å². The second-order valence-electron chi connectivity index (χ2n) is 15.6. The first-order valence-electron chi connectivity index (χ1n) is 17.5. The summed E-state index contributed by atoms with van der Waals surface area (Å²) in [6.07, 6.45) is 0.439. The van der Waals surface area contributed by atoms with Gasteiger partial charge in [0.1, 0.15) is 0 Å². The molecule has 0 aromatic carbocycles. The van der Waals surface area contributed by atoms with Gasteiger partial charge in [-0.3, -0.25) is 28.8 Å². The number of amides is 3. The molecule has 1 heterocycles. The monoisotopic (exact) mass is 657 g/mol. The first-order chi connectivity index (χ1) is 21.1. The smallest absolute Gasteiger partial charge is 0.226 e. The van der Waals surface area contributed by atoms with E-state index in [9.17, 15) is 28.8 Å². The fraction of sp³-hybridized carbons (Fsp3) is 0.838. The number of likely N-dealkylation sites (N-methyl/N-ethyl adjacent to an activating group) is 3. The lowest BCUT2D eigenvalue weighted by molar-refractivity contribution is -0.151. The third-order valence-corrected chi connectivity index (χ3v) is 10.4. The lowest BCUT2D eigenvalue weighted by atomic mass is 9.80. The summed E-state index contributed by atoms with van der Waals surface area (Å²) in [6, 6.07) is -2.34. The van der Waals surface area contributed by atoms with Crippen LogP contribution in [-0.2, 0) is 28.8 Å². The second-order valence-corrected chi connectivity index (χ2v) is 15.6. The van der Waals surface area contributed by atoms with Crippen molar-refractivity contribution in [1.29, 1.82) is 0 Å². The molecule has 7 atom stereocenters. The van der Waals surface area contributed by atoms with Crippen molar-refractivity contribution < 1.29 is 33.0 Å². The molecule has 3 amide bonds. The van der Waals surface area contributed by atoms with E-state index in [2.05, 4.69) is 0 Å². The van der Waals surface area contributed by atoms with Crippen LogP contribution in [0, 0.1) is 53.3 Å². The average Bonchev–Trinajstić information content (AvgIpc) is 2.94. The maximum Gasteiger partial charge on any atom is 0.226 e. The van der Waals surface area contributed by atoms with E-state index in [-0.39, 0.29) is 94.1 Å². The topological polar surface area (TPSA) is 112 Å². The standard InChI is InChI=1S/C37H65N3O6.3H2/c1-16-25(12)34-31(43)19-28(22(6)7)36(45)39(14)32(23(8)9)29(41)17-26(20(2)3)35(44)38(13)33(24(10)11)30(42)18-27(21(4)5)37(46)40(34)15;;;/h20-28,32-34H,16-19H2,1-15H3;3*1H/i;3*1+1. The van der Waals surface area contributed by atoms with Crippen molar-refractivity contribution in [3.63, 3.8) is 0 Å². The van der Waals surface area contributed by atoms with Gasteiger partial charge in [0.05, 0.1) is 18.1 Å². The van der Waals surface area contributed by atoms with Gasteiger partial charge in [-0.2, -0.15) is 0 Å². The van der Waals surface area contributed by atoms with Crippen LogP contribution in [0.5, 0.6) is 0 Å². The molecule has 0 N–H and O–H groups in total. The molecule has 1 aliphatic rings. The number of nitrogens with zero attached hydrogens (tertiary/aromatic N) is 3. The molecular weight excluding hydrogens is 582 g/mol. The fourth-order valence-corrected chi connectivity index (χ4v) is 7.24. The number of hydrogen-bond acceptors (Lipinski definition) is 6. The SMILES string of the molecule is CCC(C)C1C(=O)CC(C(C)C)C(=O)N(C)C(C(C)C)C(=O)CC(C(C)C)C(=O)N(C)C(C(C)C)C(=O)CC(C(C)C)C(=O)N1C.[2HH].[2HH].[2HH]. The molecule has 1 aliphatic heterocycles. The van der Waals surface area contributed by atoms with Crippen LogP contribution in [0.3, 0.4) is 0 Å². The molecule has 0 aromatic rings. The minimum Gasteiger partial charge on any atom is -0.335 e. The zero-order valence-corrected chi connectivity index (χ0v) is 31.5. The maximum atomic E-state index is 14.2. The van der Waals surface area contributed by atoms with Crippen LogP contribution in [0.15, 0.2) is 0 Å². The summed E-state index contributed by atoms with van der Waals surface area (Å²) in [4.78, 5) is 89.1. The van der Waals surface area contributed by atoms with Crippen LogP contribution in [0.2, 0.25) is 0 Å². The number of ketones is 3. The molecule has 0 aromatic heterocycles. The highest BCUT2D eigenvalue weighted by Gasteiger charge is 2.43. The van der Waals surface area contributed by atoms with Crippen molar-refractivity contribution in [2.45, 2.75) is 127 Å². The van der Waals surface area contributed by atoms with E-state index in [4.69, 9.17) is 0 Å². The first kappa shape index (κ1) is 41.4. The molecule has 0 saturated carbocycles. The van der Waals surface area contributed by atoms with Crippen molar-refractivity contribution in [2.75, 3.05) is 21.1 Å². The Bertz CT molecular complexity index is 1100. The summed E-state index contributed by atoms with van der Waals surface area (Å²) in [5.41, 5.74) is 0. The summed E-state index contributed by atoms with van der Waals surface area (Å²) in [5.74, 6) is -4.78. The quantitative estimate of drug-likeness (QED) is 0.319. The molecule has 0 spiro atoms. The fourth-order valence-electron chi connectivity index (χ4n) is 7.24. The van der Waals surface area contributed by atoms with Crippen LogP contribution in [0.4, 0.5) is 0 Å². The van der Waals surface area contributed by atoms with Crippen molar-refractivity contribution in [2.24, 2.45) is 53.3 Å². The largest absolute Gasteiger partial charge is 0.335 e. The number of rotatable bonds is 7. The average molecular weight is 657 g/mol. The summed E-state index contributed by atoms with van der Waals surface area (Å²) in [6.45, 7) is 22.8. The van der Waals surface area contributed by atoms with Crippen molar-refractivity contribution >= 4 is 35.1 Å². The molecule has 1 fully saturated rings. The highest BCUT2D eigenvalue weighted by Crippen LogP contribution is 2.31. The lowest BCUT2D eigenvalue weighted by Gasteiger charge is -2.39. The van der Waals surface area contributed by atoms with Crippen molar-refractivity contribution in [3.8, 4) is 0 Å². The molecule has 0 radical (unpaired) electrons. The molecule has 9 nitrogen and oxygen atoms in total. The number of carbonyl (C=O) groups is 6. The van der Waals surface area contributed by atoms with E-state index < -0.39 is 35.9 Å². The van der Waals surface area contributed by atoms with Crippen molar-refractivity contribution in [3.05, 3.63) is 0 Å². The number of Topliss-reactive ketones (excluding diaryl/α,β-unsaturated/α-hetero) is 3. The van der Waals surface area contributed by atoms with E-state index in [0.717, 1.165) is 0 Å². The van der Waals surface area contributed by atoms with Gasteiger partial charge in [-0.1, -0.05) is 89.5 Å². The van der Waals surface area contributed by atoms with E-state index in [1.165, 1.54) is 14.7 Å². The minimum atomic E-state index is -0.786. The first-order valence-corrected chi connectivity index (χ1v) is 17.5. The minimum absolute atomic E-state index is 0. The Labute approximate surface area is 284 Å². The summed E-state index contributed by atoms with van der Waals surface area (Å²) < 4.78 is 0. The van der Waals surface area contributed by atoms with Gasteiger partial charge in [-0.05, 0) is 35.5 Å². The van der Waals surface area contributed by atoms with Gasteiger partial charge in [0.2, 0.25) is 17.7 Å². The van der Waals surface area contributed by atoms with Crippen LogP contribution >= 0.6 is 0 Å². The molecule has 0 bridgehead atoms. The summed E-state index contributed by atoms with van der Waals surface area (Å²) >= 11 is 0.